The molecule has 0 aromatic heterocycles. The first-order chi connectivity index (χ1) is 9.02. The molecule has 2 N–H and O–H groups in total. The van der Waals surface area contributed by atoms with Crippen molar-refractivity contribution in [2.45, 2.75) is 52.5 Å². The van der Waals surface area contributed by atoms with Crippen LogP contribution in [0.5, 0.6) is 0 Å². The fourth-order valence-electron chi connectivity index (χ4n) is 2.77. The van der Waals surface area contributed by atoms with Gasteiger partial charge in [-0.05, 0) is 53.2 Å². The van der Waals surface area contributed by atoms with Gasteiger partial charge in [-0.2, -0.15) is 0 Å². The van der Waals surface area contributed by atoms with E-state index in [0.717, 1.165) is 51.9 Å². The minimum Gasteiger partial charge on any atom is -0.354 e. The smallest absolute Gasteiger partial charge is 0.226 e. The summed E-state index contributed by atoms with van der Waals surface area (Å²) in [6.45, 7) is 10.1. The molecule has 0 unspecified atom stereocenters. The van der Waals surface area contributed by atoms with E-state index in [0.29, 0.717) is 6.04 Å². The van der Waals surface area contributed by atoms with Gasteiger partial charge in [0.2, 0.25) is 5.91 Å². The third-order valence-electron chi connectivity index (χ3n) is 4.40. The third-order valence-corrected chi connectivity index (χ3v) is 4.40. The first-order valence-electron chi connectivity index (χ1n) is 7.71. The monoisotopic (exact) mass is 269 g/mol. The van der Waals surface area contributed by atoms with E-state index < -0.39 is 0 Å². The molecule has 0 aromatic rings. The average Bonchev–Trinajstić information content (AvgIpc) is 2.39. The first-order valence-corrected chi connectivity index (χ1v) is 7.71. The van der Waals surface area contributed by atoms with Crippen LogP contribution >= 0.6 is 0 Å². The van der Waals surface area contributed by atoms with Gasteiger partial charge in [0.15, 0.2) is 0 Å². The zero-order valence-corrected chi connectivity index (χ0v) is 13.1. The van der Waals surface area contributed by atoms with Crippen LogP contribution in [0.2, 0.25) is 0 Å². The summed E-state index contributed by atoms with van der Waals surface area (Å²) in [6.07, 6.45) is 4.05. The molecule has 19 heavy (non-hydrogen) atoms. The molecular formula is C15H31N3O. The zero-order chi connectivity index (χ0) is 14.3. The highest BCUT2D eigenvalue weighted by atomic mass is 16.2. The lowest BCUT2D eigenvalue weighted by atomic mass is 9.74. The number of amides is 1. The quantitative estimate of drug-likeness (QED) is 0.738. The van der Waals surface area contributed by atoms with E-state index in [1.165, 1.54) is 0 Å². The molecule has 112 valence electrons. The molecule has 1 heterocycles. The molecule has 4 heteroatoms. The molecule has 0 atom stereocenters. The van der Waals surface area contributed by atoms with Gasteiger partial charge in [-0.15, -0.1) is 0 Å². The van der Waals surface area contributed by atoms with Crippen molar-refractivity contribution in [1.29, 1.82) is 0 Å². The van der Waals surface area contributed by atoms with Crippen LogP contribution in [0.1, 0.15) is 46.5 Å². The normalized spacial score (nSPS) is 18.8. The largest absolute Gasteiger partial charge is 0.354 e. The van der Waals surface area contributed by atoms with Crippen LogP contribution < -0.4 is 10.6 Å². The maximum atomic E-state index is 12.5. The Labute approximate surface area is 118 Å². The number of rotatable bonds is 7. The lowest BCUT2D eigenvalue weighted by Gasteiger charge is -2.36. The molecule has 1 amide bonds. The van der Waals surface area contributed by atoms with Crippen LogP contribution in [0.4, 0.5) is 0 Å². The van der Waals surface area contributed by atoms with Gasteiger partial charge in [0.1, 0.15) is 0 Å². The number of nitrogens with zero attached hydrogens (tertiary/aromatic N) is 1. The lowest BCUT2D eigenvalue weighted by molar-refractivity contribution is -0.133. The minimum absolute atomic E-state index is 0.115. The second-order valence-corrected chi connectivity index (χ2v) is 6.11. The molecule has 0 aliphatic carbocycles. The summed E-state index contributed by atoms with van der Waals surface area (Å²) in [6, 6.07) is 0.528. The van der Waals surface area contributed by atoms with E-state index in [-0.39, 0.29) is 11.3 Å². The molecule has 1 aliphatic rings. The summed E-state index contributed by atoms with van der Waals surface area (Å²) < 4.78 is 0. The van der Waals surface area contributed by atoms with Crippen LogP contribution in [0, 0.1) is 5.41 Å². The highest BCUT2D eigenvalue weighted by Gasteiger charge is 2.38. The second-order valence-electron chi connectivity index (χ2n) is 6.11. The molecule has 4 nitrogen and oxygen atoms in total. The van der Waals surface area contributed by atoms with Crippen molar-refractivity contribution in [3.8, 4) is 0 Å². The summed E-state index contributed by atoms with van der Waals surface area (Å²) in [4.78, 5) is 14.8. The Balaban J connectivity index is 2.44. The number of hydrogen-bond acceptors (Lipinski definition) is 3. The maximum absolute atomic E-state index is 12.5. The van der Waals surface area contributed by atoms with Gasteiger partial charge in [0.05, 0.1) is 5.41 Å². The predicted molar refractivity (Wildman–Crippen MR) is 80.2 cm³/mol. The SMILES string of the molecule is CCCC1(C(=O)NCCN(C)C(C)C)CCNCC1. The van der Waals surface area contributed by atoms with Gasteiger partial charge in [-0.25, -0.2) is 0 Å². The van der Waals surface area contributed by atoms with Gasteiger partial charge in [-0.3, -0.25) is 4.79 Å². The molecule has 0 saturated carbocycles. The zero-order valence-electron chi connectivity index (χ0n) is 13.1. The molecule has 1 rings (SSSR count). The van der Waals surface area contributed by atoms with Crippen LogP contribution in [0.3, 0.4) is 0 Å². The number of nitrogens with one attached hydrogen (secondary N) is 2. The van der Waals surface area contributed by atoms with Gasteiger partial charge in [0.25, 0.3) is 0 Å². The van der Waals surface area contributed by atoms with E-state index in [2.05, 4.69) is 43.4 Å². The number of carbonyl (C=O) groups excluding carboxylic acids is 1. The number of likely N-dealkylation sites (N-methyl/N-ethyl adjacent to an activating group) is 1. The van der Waals surface area contributed by atoms with Crippen molar-refractivity contribution < 1.29 is 4.79 Å². The van der Waals surface area contributed by atoms with E-state index >= 15 is 0 Å². The summed E-state index contributed by atoms with van der Waals surface area (Å²) in [5.41, 5.74) is -0.115. The van der Waals surface area contributed by atoms with Gasteiger partial charge < -0.3 is 15.5 Å². The Kier molecular flexibility index (Phi) is 6.80. The number of piperidine rings is 1. The molecule has 1 aliphatic heterocycles. The fourth-order valence-corrected chi connectivity index (χ4v) is 2.77. The third kappa shape index (κ3) is 4.77. The van der Waals surface area contributed by atoms with E-state index in [1.807, 2.05) is 0 Å². The Hall–Kier alpha value is -0.610. The Morgan fingerprint density at radius 3 is 2.53 bits per heavy atom. The van der Waals surface area contributed by atoms with Crippen LogP contribution in [-0.4, -0.2) is 50.1 Å². The van der Waals surface area contributed by atoms with Crippen LogP contribution in [0.15, 0.2) is 0 Å². The van der Waals surface area contributed by atoms with Crippen molar-refractivity contribution in [2.75, 3.05) is 33.2 Å². The van der Waals surface area contributed by atoms with Crippen molar-refractivity contribution in [3.63, 3.8) is 0 Å². The van der Waals surface area contributed by atoms with Crippen LogP contribution in [-0.2, 0) is 4.79 Å². The number of hydrogen-bond donors (Lipinski definition) is 2. The van der Waals surface area contributed by atoms with E-state index in [4.69, 9.17) is 0 Å². The maximum Gasteiger partial charge on any atom is 0.226 e. The summed E-state index contributed by atoms with van der Waals surface area (Å²) in [5, 5.41) is 6.51. The first kappa shape index (κ1) is 16.4. The highest BCUT2D eigenvalue weighted by molar-refractivity contribution is 5.82. The van der Waals surface area contributed by atoms with Crippen LogP contribution in [0.25, 0.3) is 0 Å². The minimum atomic E-state index is -0.115. The van der Waals surface area contributed by atoms with Crippen molar-refractivity contribution in [1.82, 2.24) is 15.5 Å². The molecule has 0 radical (unpaired) electrons. The number of carbonyl (C=O) groups is 1. The average molecular weight is 269 g/mol. The molecule has 0 spiro atoms. The van der Waals surface area contributed by atoms with Crippen molar-refractivity contribution in [2.24, 2.45) is 5.41 Å². The summed E-state index contributed by atoms with van der Waals surface area (Å²) in [7, 11) is 2.10. The van der Waals surface area contributed by atoms with E-state index in [1.54, 1.807) is 0 Å². The van der Waals surface area contributed by atoms with Crippen molar-refractivity contribution in [3.05, 3.63) is 0 Å². The van der Waals surface area contributed by atoms with Crippen molar-refractivity contribution >= 4 is 5.91 Å². The summed E-state index contributed by atoms with van der Waals surface area (Å²) in [5.74, 6) is 0.271. The second kappa shape index (κ2) is 7.85. The predicted octanol–water partition coefficient (Wildman–Crippen LogP) is 1.61. The van der Waals surface area contributed by atoms with E-state index in [9.17, 15) is 4.79 Å². The lowest BCUT2D eigenvalue weighted by Crippen LogP contribution is -2.49. The van der Waals surface area contributed by atoms with Gasteiger partial charge in [-0.1, -0.05) is 13.3 Å². The summed E-state index contributed by atoms with van der Waals surface area (Å²) >= 11 is 0. The Morgan fingerprint density at radius 1 is 1.37 bits per heavy atom. The molecule has 1 fully saturated rings. The molecular weight excluding hydrogens is 238 g/mol. The standard InChI is InChI=1S/C15H31N3O/c1-5-6-15(7-9-16-10-8-15)14(19)17-11-12-18(4)13(2)3/h13,16H,5-12H2,1-4H3,(H,17,19). The van der Waals surface area contributed by atoms with Gasteiger partial charge >= 0.3 is 0 Å². The fraction of sp³-hybridized carbons (Fsp3) is 0.933. The molecule has 1 saturated heterocycles. The Bertz CT molecular complexity index is 267. The molecule has 0 bridgehead atoms. The topological polar surface area (TPSA) is 44.4 Å². The molecule has 0 aromatic carbocycles. The van der Waals surface area contributed by atoms with Gasteiger partial charge in [0, 0.05) is 19.1 Å². The Morgan fingerprint density at radius 2 is 2.00 bits per heavy atom. The highest BCUT2D eigenvalue weighted by Crippen LogP contribution is 2.34.